The van der Waals surface area contributed by atoms with Crippen molar-refractivity contribution >= 4 is 0 Å². The Labute approximate surface area is 93.2 Å². The van der Waals surface area contributed by atoms with E-state index in [2.05, 4.69) is 17.1 Å². The molecule has 0 amide bonds. The van der Waals surface area contributed by atoms with Gasteiger partial charge in [0.25, 0.3) is 0 Å². The van der Waals surface area contributed by atoms with Crippen molar-refractivity contribution in [3.8, 4) is 0 Å². The number of methoxy groups -OCH3 is 1. The molecule has 1 saturated heterocycles. The van der Waals surface area contributed by atoms with Crippen LogP contribution in [0.3, 0.4) is 0 Å². The summed E-state index contributed by atoms with van der Waals surface area (Å²) in [5.74, 6) is 0. The van der Waals surface area contributed by atoms with E-state index in [-0.39, 0.29) is 0 Å². The maximum absolute atomic E-state index is 5.14. The van der Waals surface area contributed by atoms with E-state index in [1.807, 2.05) is 0 Å². The third-order valence-electron chi connectivity index (χ3n) is 3.53. The first-order valence-corrected chi connectivity index (χ1v) is 6.28. The van der Waals surface area contributed by atoms with Gasteiger partial charge in [0, 0.05) is 25.2 Å². The number of hydrogen-bond donors (Lipinski definition) is 1. The first-order chi connectivity index (χ1) is 7.29. The Kier molecular flexibility index (Phi) is 4.00. The third kappa shape index (κ3) is 3.44. The van der Waals surface area contributed by atoms with Gasteiger partial charge in [0.15, 0.2) is 0 Å². The topological polar surface area (TPSA) is 24.5 Å². The second kappa shape index (κ2) is 5.28. The molecule has 3 nitrogen and oxygen atoms in total. The maximum Gasteiger partial charge on any atom is 0.0613 e. The van der Waals surface area contributed by atoms with Gasteiger partial charge >= 0.3 is 0 Å². The molecule has 15 heavy (non-hydrogen) atoms. The van der Waals surface area contributed by atoms with Crippen LogP contribution in [0.15, 0.2) is 0 Å². The van der Waals surface area contributed by atoms with Gasteiger partial charge < -0.3 is 15.0 Å². The fourth-order valence-electron chi connectivity index (χ4n) is 2.57. The van der Waals surface area contributed by atoms with Gasteiger partial charge in [0.05, 0.1) is 6.61 Å². The second-order valence-corrected chi connectivity index (χ2v) is 5.06. The zero-order valence-corrected chi connectivity index (χ0v) is 10.0. The van der Waals surface area contributed by atoms with Gasteiger partial charge in [-0.05, 0) is 45.7 Å². The number of nitrogens with zero attached hydrogens (tertiary/aromatic N) is 1. The number of likely N-dealkylation sites (tertiary alicyclic amines) is 1. The molecule has 1 aliphatic carbocycles. The minimum Gasteiger partial charge on any atom is -0.383 e. The van der Waals surface area contributed by atoms with Crippen LogP contribution >= 0.6 is 0 Å². The van der Waals surface area contributed by atoms with Crippen molar-refractivity contribution in [2.75, 3.05) is 26.8 Å². The Morgan fingerprint density at radius 1 is 1.27 bits per heavy atom. The van der Waals surface area contributed by atoms with Crippen LogP contribution in [0.25, 0.3) is 0 Å². The summed E-state index contributed by atoms with van der Waals surface area (Å²) < 4.78 is 5.14. The average molecular weight is 212 g/mol. The second-order valence-electron chi connectivity index (χ2n) is 5.06. The summed E-state index contributed by atoms with van der Waals surface area (Å²) in [6.07, 6.45) is 5.51. The van der Waals surface area contributed by atoms with Crippen molar-refractivity contribution in [3.63, 3.8) is 0 Å². The summed E-state index contributed by atoms with van der Waals surface area (Å²) in [6.45, 7) is 5.61. The molecule has 1 atom stereocenters. The monoisotopic (exact) mass is 212 g/mol. The van der Waals surface area contributed by atoms with E-state index in [4.69, 9.17) is 4.74 Å². The number of rotatable bonds is 5. The summed E-state index contributed by atoms with van der Waals surface area (Å²) in [4.78, 5) is 2.67. The summed E-state index contributed by atoms with van der Waals surface area (Å²) in [5.41, 5.74) is 0. The molecular weight excluding hydrogens is 188 g/mol. The van der Waals surface area contributed by atoms with Crippen molar-refractivity contribution in [3.05, 3.63) is 0 Å². The van der Waals surface area contributed by atoms with Crippen molar-refractivity contribution in [1.29, 1.82) is 0 Å². The summed E-state index contributed by atoms with van der Waals surface area (Å²) >= 11 is 0. The van der Waals surface area contributed by atoms with Gasteiger partial charge in [-0.25, -0.2) is 0 Å². The van der Waals surface area contributed by atoms with Crippen LogP contribution < -0.4 is 5.32 Å². The lowest BCUT2D eigenvalue weighted by atomic mass is 10.0. The normalized spacial score (nSPS) is 26.8. The van der Waals surface area contributed by atoms with Gasteiger partial charge in [0.1, 0.15) is 0 Å². The number of piperidine rings is 1. The van der Waals surface area contributed by atoms with E-state index in [0.29, 0.717) is 12.1 Å². The molecule has 1 saturated carbocycles. The minimum absolute atomic E-state index is 0.493. The third-order valence-corrected chi connectivity index (χ3v) is 3.53. The summed E-state index contributed by atoms with van der Waals surface area (Å²) in [6, 6.07) is 2.15. The van der Waals surface area contributed by atoms with Crippen molar-refractivity contribution in [2.45, 2.75) is 50.7 Å². The standard InChI is InChI=1S/C12H24N2O/c1-10(9-15-2)13-11-5-7-14(8-6-11)12-3-4-12/h10-13H,3-9H2,1-2H3. The summed E-state index contributed by atoms with van der Waals surface area (Å²) in [7, 11) is 1.77. The van der Waals surface area contributed by atoms with Gasteiger partial charge in [0.2, 0.25) is 0 Å². The van der Waals surface area contributed by atoms with Crippen molar-refractivity contribution in [1.82, 2.24) is 10.2 Å². The Bertz CT molecular complexity index is 186. The van der Waals surface area contributed by atoms with Crippen LogP contribution in [0.1, 0.15) is 32.6 Å². The fraction of sp³-hybridized carbons (Fsp3) is 1.00. The largest absolute Gasteiger partial charge is 0.383 e. The minimum atomic E-state index is 0.493. The SMILES string of the molecule is COCC(C)NC1CCN(C2CC2)CC1. The molecule has 1 heterocycles. The molecule has 0 aromatic heterocycles. The lowest BCUT2D eigenvalue weighted by Crippen LogP contribution is -2.47. The maximum atomic E-state index is 5.14. The lowest BCUT2D eigenvalue weighted by molar-refractivity contribution is 0.144. The highest BCUT2D eigenvalue weighted by atomic mass is 16.5. The molecule has 0 bridgehead atoms. The average Bonchev–Trinajstić information content (AvgIpc) is 3.03. The molecule has 3 heteroatoms. The van der Waals surface area contributed by atoms with Crippen LogP contribution in [0, 0.1) is 0 Å². The quantitative estimate of drug-likeness (QED) is 0.742. The predicted molar refractivity (Wildman–Crippen MR) is 62.1 cm³/mol. The Balaban J connectivity index is 1.64. The van der Waals surface area contributed by atoms with Crippen LogP contribution in [0.4, 0.5) is 0 Å². The zero-order valence-electron chi connectivity index (χ0n) is 10.0. The molecule has 1 unspecified atom stereocenters. The summed E-state index contributed by atoms with van der Waals surface area (Å²) in [5, 5.41) is 3.65. The molecule has 2 fully saturated rings. The number of nitrogens with one attached hydrogen (secondary N) is 1. The number of ether oxygens (including phenoxy) is 1. The predicted octanol–water partition coefficient (Wildman–Crippen LogP) is 1.24. The highest BCUT2D eigenvalue weighted by molar-refractivity contribution is 4.89. The van der Waals surface area contributed by atoms with Gasteiger partial charge in [-0.15, -0.1) is 0 Å². The highest BCUT2D eigenvalue weighted by Gasteiger charge is 2.31. The Hall–Kier alpha value is -0.120. The van der Waals surface area contributed by atoms with Gasteiger partial charge in [-0.2, -0.15) is 0 Å². The lowest BCUT2D eigenvalue weighted by Gasteiger charge is -2.33. The van der Waals surface area contributed by atoms with E-state index in [1.54, 1.807) is 7.11 Å². The zero-order chi connectivity index (χ0) is 10.7. The molecule has 1 N–H and O–H groups in total. The molecule has 2 rings (SSSR count). The van der Waals surface area contributed by atoms with E-state index in [0.717, 1.165) is 12.6 Å². The fourth-order valence-corrected chi connectivity index (χ4v) is 2.57. The van der Waals surface area contributed by atoms with Crippen molar-refractivity contribution < 1.29 is 4.74 Å². The Morgan fingerprint density at radius 3 is 2.47 bits per heavy atom. The highest BCUT2D eigenvalue weighted by Crippen LogP contribution is 2.29. The van der Waals surface area contributed by atoms with Crippen LogP contribution in [-0.2, 0) is 4.74 Å². The molecule has 0 radical (unpaired) electrons. The van der Waals surface area contributed by atoms with E-state index in [1.165, 1.54) is 38.8 Å². The molecule has 2 aliphatic rings. The van der Waals surface area contributed by atoms with Crippen LogP contribution in [0.5, 0.6) is 0 Å². The molecule has 88 valence electrons. The molecular formula is C12H24N2O. The first-order valence-electron chi connectivity index (χ1n) is 6.28. The van der Waals surface area contributed by atoms with E-state index < -0.39 is 0 Å². The molecule has 0 spiro atoms. The van der Waals surface area contributed by atoms with E-state index >= 15 is 0 Å². The van der Waals surface area contributed by atoms with E-state index in [9.17, 15) is 0 Å². The van der Waals surface area contributed by atoms with Crippen LogP contribution in [-0.4, -0.2) is 49.8 Å². The molecule has 1 aliphatic heterocycles. The van der Waals surface area contributed by atoms with Gasteiger partial charge in [-0.1, -0.05) is 0 Å². The van der Waals surface area contributed by atoms with Gasteiger partial charge in [-0.3, -0.25) is 0 Å². The smallest absolute Gasteiger partial charge is 0.0613 e. The first kappa shape index (κ1) is 11.4. The van der Waals surface area contributed by atoms with Crippen molar-refractivity contribution in [2.24, 2.45) is 0 Å². The number of hydrogen-bond acceptors (Lipinski definition) is 3. The van der Waals surface area contributed by atoms with Crippen LogP contribution in [0.2, 0.25) is 0 Å². The Morgan fingerprint density at radius 2 is 1.93 bits per heavy atom. The molecule has 0 aromatic rings. The molecule has 0 aromatic carbocycles.